The third-order valence-electron chi connectivity index (χ3n) is 4.02. The van der Waals surface area contributed by atoms with Crippen molar-refractivity contribution in [3.05, 3.63) is 29.6 Å². The Morgan fingerprint density at radius 2 is 1.84 bits per heavy atom. The lowest BCUT2D eigenvalue weighted by Crippen LogP contribution is -2.36. The Kier molecular flexibility index (Phi) is 5.10. The van der Waals surface area contributed by atoms with Crippen LogP contribution in [0, 0.1) is 12.3 Å². The Hall–Kier alpha value is -2.32. The highest BCUT2D eigenvalue weighted by atomic mass is 16.7. The molecule has 0 amide bonds. The molecule has 25 heavy (non-hydrogen) atoms. The number of carbonyl (C=O) groups is 2. The van der Waals surface area contributed by atoms with Crippen LogP contribution in [0.15, 0.2) is 18.5 Å². The molecule has 0 unspecified atom stereocenters. The number of carbonyl (C=O) groups excluding carboxylic acids is 2. The van der Waals surface area contributed by atoms with Crippen molar-refractivity contribution in [3.63, 3.8) is 0 Å². The van der Waals surface area contributed by atoms with Gasteiger partial charge in [-0.2, -0.15) is 0 Å². The van der Waals surface area contributed by atoms with Gasteiger partial charge in [-0.05, 0) is 25.5 Å². The second-order valence-corrected chi connectivity index (χ2v) is 6.28. The molecule has 1 N–H and O–H groups in total. The van der Waals surface area contributed by atoms with E-state index in [0.717, 1.165) is 5.56 Å². The summed E-state index contributed by atoms with van der Waals surface area (Å²) in [7, 11) is 0. The Bertz CT molecular complexity index is 691. The van der Waals surface area contributed by atoms with Crippen LogP contribution in [-0.2, 0) is 23.7 Å². The first kappa shape index (κ1) is 17.5. The van der Waals surface area contributed by atoms with Crippen molar-refractivity contribution in [2.24, 2.45) is 0 Å². The molecule has 134 valence electrons. The third kappa shape index (κ3) is 4.02. The number of hydrogen-bond acceptors (Lipinski definition) is 8. The largest absolute Gasteiger partial charge is 0.457 e. The Morgan fingerprint density at radius 3 is 2.44 bits per heavy atom. The fraction of sp³-hybridized carbons (Fsp3) is 0.529. The smallest absolute Gasteiger partial charge is 0.340 e. The minimum absolute atomic E-state index is 0.0628. The second-order valence-electron chi connectivity index (χ2n) is 6.28. The maximum Gasteiger partial charge on any atom is 0.340 e. The molecule has 3 heterocycles. The van der Waals surface area contributed by atoms with E-state index in [2.05, 4.69) is 4.98 Å². The topological polar surface area (TPSA) is 108 Å². The Morgan fingerprint density at radius 1 is 1.20 bits per heavy atom. The van der Waals surface area contributed by atoms with Crippen LogP contribution in [0.1, 0.15) is 29.3 Å². The zero-order chi connectivity index (χ0) is 18.0. The Labute approximate surface area is 144 Å². The van der Waals surface area contributed by atoms with Crippen molar-refractivity contribution in [1.29, 1.82) is 5.41 Å². The van der Waals surface area contributed by atoms with Gasteiger partial charge in [-0.25, -0.2) is 4.79 Å². The van der Waals surface area contributed by atoms with Gasteiger partial charge in [-0.15, -0.1) is 0 Å². The highest BCUT2D eigenvalue weighted by molar-refractivity contribution is 5.95. The van der Waals surface area contributed by atoms with Crippen LogP contribution in [0.5, 0.6) is 0 Å². The summed E-state index contributed by atoms with van der Waals surface area (Å²) in [5.74, 6) is -0.981. The summed E-state index contributed by atoms with van der Waals surface area (Å²) >= 11 is 0. The molecule has 3 rings (SSSR count). The van der Waals surface area contributed by atoms with Gasteiger partial charge in [0.05, 0.1) is 25.2 Å². The number of esters is 2. The van der Waals surface area contributed by atoms with E-state index in [1.165, 1.54) is 13.1 Å². The maximum atomic E-state index is 12.2. The minimum Gasteiger partial charge on any atom is -0.457 e. The van der Waals surface area contributed by atoms with Crippen LogP contribution in [-0.4, -0.2) is 60.3 Å². The molecule has 0 aliphatic carbocycles. The molecule has 0 spiro atoms. The van der Waals surface area contributed by atoms with Gasteiger partial charge in [-0.1, -0.05) is 0 Å². The quantitative estimate of drug-likeness (QED) is 0.626. The van der Waals surface area contributed by atoms with Gasteiger partial charge in [0, 0.05) is 18.1 Å². The number of hydrogen-bond donors (Lipinski definition) is 1. The SMILES string of the molecule is CC(=N)CC(=O)O[C@@H]1CO[C@H]2[C@@H]1OC[C@@H]2OC(=O)c1cncc(C)c1. The third-order valence-corrected chi connectivity index (χ3v) is 4.02. The molecule has 0 aromatic carbocycles. The van der Waals surface area contributed by atoms with E-state index >= 15 is 0 Å². The monoisotopic (exact) mass is 348 g/mol. The van der Waals surface area contributed by atoms with Crippen LogP contribution in [0.2, 0.25) is 0 Å². The first-order chi connectivity index (χ1) is 11.9. The van der Waals surface area contributed by atoms with Gasteiger partial charge in [0.2, 0.25) is 0 Å². The Balaban J connectivity index is 1.58. The summed E-state index contributed by atoms with van der Waals surface area (Å²) in [6.07, 6.45) is 0.978. The number of fused-ring (bicyclic) bond motifs is 1. The summed E-state index contributed by atoms with van der Waals surface area (Å²) < 4.78 is 22.0. The van der Waals surface area contributed by atoms with E-state index in [1.807, 2.05) is 6.92 Å². The first-order valence-corrected chi connectivity index (χ1v) is 8.03. The summed E-state index contributed by atoms with van der Waals surface area (Å²) in [6.45, 7) is 3.74. The van der Waals surface area contributed by atoms with E-state index in [-0.39, 0.29) is 25.3 Å². The van der Waals surface area contributed by atoms with Gasteiger partial charge in [0.15, 0.2) is 12.2 Å². The van der Waals surface area contributed by atoms with Gasteiger partial charge < -0.3 is 24.4 Å². The normalized spacial score (nSPS) is 27.6. The number of aryl methyl sites for hydroxylation is 1. The second kappa shape index (κ2) is 7.28. The molecule has 1 aromatic heterocycles. The average Bonchev–Trinajstić information content (AvgIpc) is 3.10. The highest BCUT2D eigenvalue weighted by Crippen LogP contribution is 2.31. The fourth-order valence-corrected chi connectivity index (χ4v) is 2.93. The van der Waals surface area contributed by atoms with E-state index in [1.54, 1.807) is 12.3 Å². The van der Waals surface area contributed by atoms with E-state index in [9.17, 15) is 9.59 Å². The molecule has 0 radical (unpaired) electrons. The van der Waals surface area contributed by atoms with Crippen molar-refractivity contribution in [2.75, 3.05) is 13.2 Å². The zero-order valence-corrected chi connectivity index (χ0v) is 14.1. The summed E-state index contributed by atoms with van der Waals surface area (Å²) in [5, 5.41) is 7.33. The van der Waals surface area contributed by atoms with Crippen molar-refractivity contribution in [2.45, 2.75) is 44.7 Å². The molecule has 0 bridgehead atoms. The molecule has 8 heteroatoms. The van der Waals surface area contributed by atoms with Gasteiger partial charge in [-0.3, -0.25) is 9.78 Å². The van der Waals surface area contributed by atoms with E-state index < -0.39 is 36.4 Å². The lowest BCUT2D eigenvalue weighted by Gasteiger charge is -2.17. The van der Waals surface area contributed by atoms with Gasteiger partial charge in [0.25, 0.3) is 0 Å². The zero-order valence-electron chi connectivity index (χ0n) is 14.1. The number of nitrogens with one attached hydrogen (secondary N) is 1. The molecule has 0 saturated carbocycles. The molecule has 2 aliphatic rings. The lowest BCUT2D eigenvalue weighted by molar-refractivity contribution is -0.152. The summed E-state index contributed by atoms with van der Waals surface area (Å²) in [4.78, 5) is 27.9. The van der Waals surface area contributed by atoms with Gasteiger partial charge >= 0.3 is 11.9 Å². The van der Waals surface area contributed by atoms with Crippen molar-refractivity contribution < 1.29 is 28.5 Å². The molecule has 8 nitrogen and oxygen atoms in total. The number of pyridine rings is 1. The molecule has 2 saturated heterocycles. The number of aromatic nitrogens is 1. The van der Waals surface area contributed by atoms with E-state index in [4.69, 9.17) is 24.4 Å². The van der Waals surface area contributed by atoms with Crippen LogP contribution < -0.4 is 0 Å². The molecule has 2 fully saturated rings. The van der Waals surface area contributed by atoms with Crippen molar-refractivity contribution in [1.82, 2.24) is 4.98 Å². The minimum atomic E-state index is -0.564. The van der Waals surface area contributed by atoms with Crippen LogP contribution in [0.4, 0.5) is 0 Å². The van der Waals surface area contributed by atoms with Crippen LogP contribution >= 0.6 is 0 Å². The predicted molar refractivity (Wildman–Crippen MR) is 85.6 cm³/mol. The molecular formula is C17H20N2O6. The molecule has 1 aromatic rings. The maximum absolute atomic E-state index is 12.2. The molecule has 4 atom stereocenters. The number of ether oxygens (including phenoxy) is 4. The van der Waals surface area contributed by atoms with Crippen molar-refractivity contribution in [3.8, 4) is 0 Å². The highest BCUT2D eigenvalue weighted by Gasteiger charge is 2.51. The average molecular weight is 348 g/mol. The van der Waals surface area contributed by atoms with E-state index in [0.29, 0.717) is 5.56 Å². The number of rotatable bonds is 5. The first-order valence-electron chi connectivity index (χ1n) is 8.03. The molecule has 2 aliphatic heterocycles. The standard InChI is InChI=1S/C17H20N2O6/c1-9-3-11(6-19-5-9)17(21)25-13-8-23-15-12(7-22-16(13)15)24-14(20)4-10(2)18/h3,5-6,12-13,15-16,18H,4,7-8H2,1-2H3/t12-,13+,15-,16-/m1/s1. The van der Waals surface area contributed by atoms with Crippen molar-refractivity contribution >= 4 is 17.7 Å². The fourth-order valence-electron chi connectivity index (χ4n) is 2.93. The number of nitrogens with zero attached hydrogens (tertiary/aromatic N) is 1. The van der Waals surface area contributed by atoms with Crippen LogP contribution in [0.25, 0.3) is 0 Å². The van der Waals surface area contributed by atoms with Crippen LogP contribution in [0.3, 0.4) is 0 Å². The summed E-state index contributed by atoms with van der Waals surface area (Å²) in [5.41, 5.74) is 1.46. The predicted octanol–water partition coefficient (Wildman–Crippen LogP) is 1.05. The lowest BCUT2D eigenvalue weighted by atomic mass is 10.1. The van der Waals surface area contributed by atoms with Gasteiger partial charge in [0.1, 0.15) is 12.2 Å². The summed E-state index contributed by atoms with van der Waals surface area (Å²) in [6, 6.07) is 1.70. The molecular weight excluding hydrogens is 328 g/mol.